The second-order valence-electron chi connectivity index (χ2n) is 4.45. The quantitative estimate of drug-likeness (QED) is 0.627. The summed E-state index contributed by atoms with van der Waals surface area (Å²) in [5, 5.41) is 1.57. The molecule has 0 aromatic rings. The second kappa shape index (κ2) is 5.13. The van der Waals surface area contributed by atoms with E-state index in [1.165, 1.54) is 11.1 Å². The molecule has 16 heavy (non-hydrogen) atoms. The van der Waals surface area contributed by atoms with Crippen molar-refractivity contribution in [3.05, 3.63) is 71.0 Å². The lowest BCUT2D eigenvalue weighted by Crippen LogP contribution is -2.08. The third-order valence-corrected chi connectivity index (χ3v) is 4.67. The van der Waals surface area contributed by atoms with Gasteiger partial charge in [0.15, 0.2) is 0 Å². The standard InChI is InChI=1S/C15H18Si/c1-16(2)15-12-6-4-3-5-11-14(15)13-9-7-8-10-13/h3-9,11-12,16H,10H2,1-2H3. The van der Waals surface area contributed by atoms with Crippen molar-refractivity contribution in [1.29, 1.82) is 0 Å². The number of hydrogen-bond donors (Lipinski definition) is 0. The van der Waals surface area contributed by atoms with Gasteiger partial charge in [0.25, 0.3) is 0 Å². The SMILES string of the molecule is C[SiH](C)C1=C(C2=CC=CC2)C=CC=CC=C1. The minimum absolute atomic E-state index is 0.776. The summed E-state index contributed by atoms with van der Waals surface area (Å²) in [5.41, 5.74) is 2.92. The predicted octanol–water partition coefficient (Wildman–Crippen LogP) is 3.88. The molecule has 0 N–H and O–H groups in total. The van der Waals surface area contributed by atoms with Crippen molar-refractivity contribution in [1.82, 2.24) is 0 Å². The van der Waals surface area contributed by atoms with E-state index in [1.807, 2.05) is 0 Å². The largest absolute Gasteiger partial charge is 0.0801 e. The van der Waals surface area contributed by atoms with Crippen LogP contribution in [-0.2, 0) is 0 Å². The summed E-state index contributed by atoms with van der Waals surface area (Å²) in [4.78, 5) is 0. The summed E-state index contributed by atoms with van der Waals surface area (Å²) < 4.78 is 0. The molecule has 0 fully saturated rings. The van der Waals surface area contributed by atoms with Crippen LogP contribution >= 0.6 is 0 Å². The topological polar surface area (TPSA) is 0 Å². The Bertz CT molecular complexity index is 440. The highest BCUT2D eigenvalue weighted by Gasteiger charge is 2.12. The minimum Gasteiger partial charge on any atom is -0.0801 e. The molecule has 0 saturated heterocycles. The fourth-order valence-corrected chi connectivity index (χ4v) is 3.47. The molecule has 0 aromatic heterocycles. The average molecular weight is 226 g/mol. The Kier molecular flexibility index (Phi) is 3.57. The van der Waals surface area contributed by atoms with Crippen LogP contribution in [0.4, 0.5) is 0 Å². The summed E-state index contributed by atoms with van der Waals surface area (Å²) in [6.45, 7) is 4.78. The summed E-state index contributed by atoms with van der Waals surface area (Å²) in [6.07, 6.45) is 20.8. The van der Waals surface area contributed by atoms with E-state index in [2.05, 4.69) is 67.8 Å². The zero-order valence-electron chi connectivity index (χ0n) is 9.98. The molecule has 2 aliphatic carbocycles. The van der Waals surface area contributed by atoms with Crippen LogP contribution < -0.4 is 0 Å². The lowest BCUT2D eigenvalue weighted by Gasteiger charge is -2.14. The number of allylic oxidation sites excluding steroid dienone is 12. The minimum atomic E-state index is -0.776. The van der Waals surface area contributed by atoms with Gasteiger partial charge in [0.05, 0.1) is 8.80 Å². The summed E-state index contributed by atoms with van der Waals surface area (Å²) >= 11 is 0. The molecular formula is C15H18Si. The van der Waals surface area contributed by atoms with Crippen molar-refractivity contribution in [3.8, 4) is 0 Å². The molecular weight excluding hydrogens is 208 g/mol. The monoisotopic (exact) mass is 226 g/mol. The van der Waals surface area contributed by atoms with Crippen LogP contribution in [0.25, 0.3) is 0 Å². The molecule has 1 heteroatoms. The Balaban J connectivity index is 2.44. The fourth-order valence-electron chi connectivity index (χ4n) is 2.07. The van der Waals surface area contributed by atoms with Gasteiger partial charge in [0, 0.05) is 0 Å². The highest BCUT2D eigenvalue weighted by molar-refractivity contribution is 6.65. The van der Waals surface area contributed by atoms with E-state index in [0.29, 0.717) is 0 Å². The van der Waals surface area contributed by atoms with Gasteiger partial charge in [-0.25, -0.2) is 0 Å². The molecule has 0 atom stereocenters. The van der Waals surface area contributed by atoms with E-state index in [1.54, 1.807) is 5.20 Å². The molecule has 0 aliphatic heterocycles. The van der Waals surface area contributed by atoms with Crippen LogP contribution in [0, 0.1) is 0 Å². The third kappa shape index (κ3) is 2.42. The van der Waals surface area contributed by atoms with Gasteiger partial charge in [-0.1, -0.05) is 73.0 Å². The number of rotatable bonds is 2. The average Bonchev–Trinajstić information content (AvgIpc) is 2.69. The lowest BCUT2D eigenvalue weighted by molar-refractivity contribution is 1.27. The van der Waals surface area contributed by atoms with Crippen LogP contribution in [0.2, 0.25) is 13.1 Å². The molecule has 0 unspecified atom stereocenters. The normalized spacial score (nSPS) is 19.3. The van der Waals surface area contributed by atoms with Gasteiger partial charge in [0.2, 0.25) is 0 Å². The molecule has 0 radical (unpaired) electrons. The Morgan fingerprint density at radius 1 is 0.938 bits per heavy atom. The van der Waals surface area contributed by atoms with Gasteiger partial charge in [0.1, 0.15) is 0 Å². The maximum absolute atomic E-state index is 2.39. The smallest absolute Gasteiger partial charge is 0.0655 e. The van der Waals surface area contributed by atoms with Gasteiger partial charge in [-0.15, -0.1) is 0 Å². The van der Waals surface area contributed by atoms with E-state index in [-0.39, 0.29) is 0 Å². The lowest BCUT2D eigenvalue weighted by atomic mass is 10.0. The van der Waals surface area contributed by atoms with Crippen LogP contribution in [0.3, 0.4) is 0 Å². The van der Waals surface area contributed by atoms with E-state index in [0.717, 1.165) is 6.42 Å². The van der Waals surface area contributed by atoms with Crippen molar-refractivity contribution < 1.29 is 0 Å². The first kappa shape index (κ1) is 11.2. The molecule has 0 spiro atoms. The van der Waals surface area contributed by atoms with Gasteiger partial charge in [-0.3, -0.25) is 0 Å². The Labute approximate surface area is 99.7 Å². The Morgan fingerprint density at radius 3 is 2.31 bits per heavy atom. The van der Waals surface area contributed by atoms with Gasteiger partial charge < -0.3 is 0 Å². The first-order chi connectivity index (χ1) is 7.79. The molecule has 0 nitrogen and oxygen atoms in total. The molecule has 0 amide bonds. The predicted molar refractivity (Wildman–Crippen MR) is 75.2 cm³/mol. The van der Waals surface area contributed by atoms with Crippen molar-refractivity contribution in [2.24, 2.45) is 0 Å². The van der Waals surface area contributed by atoms with Crippen LogP contribution in [0.15, 0.2) is 71.0 Å². The molecule has 82 valence electrons. The Hall–Kier alpha value is -1.34. The van der Waals surface area contributed by atoms with Gasteiger partial charge in [-0.05, 0) is 17.6 Å². The summed E-state index contributed by atoms with van der Waals surface area (Å²) in [6, 6.07) is 0. The van der Waals surface area contributed by atoms with E-state index in [9.17, 15) is 0 Å². The van der Waals surface area contributed by atoms with Crippen molar-refractivity contribution in [2.75, 3.05) is 0 Å². The fraction of sp³-hybridized carbons (Fsp3) is 0.200. The van der Waals surface area contributed by atoms with Crippen LogP contribution in [-0.4, -0.2) is 8.80 Å². The van der Waals surface area contributed by atoms with Crippen molar-refractivity contribution in [3.63, 3.8) is 0 Å². The zero-order valence-corrected chi connectivity index (χ0v) is 11.1. The highest BCUT2D eigenvalue weighted by Crippen LogP contribution is 2.26. The van der Waals surface area contributed by atoms with Crippen LogP contribution in [0.5, 0.6) is 0 Å². The van der Waals surface area contributed by atoms with Crippen molar-refractivity contribution >= 4 is 8.80 Å². The van der Waals surface area contributed by atoms with Gasteiger partial charge in [-0.2, -0.15) is 0 Å². The number of hydrogen-bond acceptors (Lipinski definition) is 0. The van der Waals surface area contributed by atoms with E-state index < -0.39 is 8.80 Å². The summed E-state index contributed by atoms with van der Waals surface area (Å²) in [7, 11) is -0.776. The first-order valence-electron chi connectivity index (χ1n) is 5.90. The molecule has 2 aliphatic rings. The first-order valence-corrected chi connectivity index (χ1v) is 8.79. The molecule has 0 bridgehead atoms. The second-order valence-corrected chi connectivity index (χ2v) is 7.38. The molecule has 0 aromatic carbocycles. The van der Waals surface area contributed by atoms with Gasteiger partial charge >= 0.3 is 0 Å². The third-order valence-electron chi connectivity index (χ3n) is 2.92. The van der Waals surface area contributed by atoms with Crippen LogP contribution in [0.1, 0.15) is 6.42 Å². The molecule has 0 saturated carbocycles. The Morgan fingerprint density at radius 2 is 1.69 bits per heavy atom. The maximum atomic E-state index is 2.39. The summed E-state index contributed by atoms with van der Waals surface area (Å²) in [5.74, 6) is 0. The molecule has 2 rings (SSSR count). The van der Waals surface area contributed by atoms with E-state index in [4.69, 9.17) is 0 Å². The maximum Gasteiger partial charge on any atom is 0.0655 e. The molecule has 0 heterocycles. The highest BCUT2D eigenvalue weighted by atomic mass is 28.3. The van der Waals surface area contributed by atoms with Crippen molar-refractivity contribution in [2.45, 2.75) is 19.5 Å². The van der Waals surface area contributed by atoms with E-state index >= 15 is 0 Å². The zero-order chi connectivity index (χ0) is 11.4.